The molecule has 0 saturated heterocycles. The molecule has 1 N–H and O–H groups in total. The molecule has 1 saturated carbocycles. The molecule has 0 aliphatic heterocycles. The molecule has 2 rings (SSSR count). The number of methoxy groups -OCH3 is 1. The fourth-order valence-electron chi connectivity index (χ4n) is 3.86. The number of amides is 1. The van der Waals surface area contributed by atoms with E-state index in [9.17, 15) is 4.79 Å². The van der Waals surface area contributed by atoms with E-state index in [-0.39, 0.29) is 11.5 Å². The third-order valence-corrected chi connectivity index (χ3v) is 5.54. The molecule has 5 nitrogen and oxygen atoms in total. The summed E-state index contributed by atoms with van der Waals surface area (Å²) in [4.78, 5) is 12.7. The summed E-state index contributed by atoms with van der Waals surface area (Å²) < 4.78 is 7.81. The largest absolute Gasteiger partial charge is 0.376 e. The van der Waals surface area contributed by atoms with Gasteiger partial charge in [0.1, 0.15) is 0 Å². The lowest BCUT2D eigenvalue weighted by atomic mass is 9.84. The number of aromatic nitrogens is 2. The van der Waals surface area contributed by atoms with Gasteiger partial charge in [-0.15, -0.1) is 0 Å². The van der Waals surface area contributed by atoms with Crippen LogP contribution in [0.1, 0.15) is 87.8 Å². The average Bonchev–Trinajstić information content (AvgIpc) is 3.05. The zero-order valence-electron chi connectivity index (χ0n) is 15.7. The SMILES string of the molecule is CCc1c(C(=O)NCC2(OC)CCCCC2)cnn1C(CC)CC. The van der Waals surface area contributed by atoms with Crippen LogP contribution in [0, 0.1) is 0 Å². The van der Waals surface area contributed by atoms with Crippen molar-refractivity contribution in [3.05, 3.63) is 17.5 Å². The van der Waals surface area contributed by atoms with Crippen molar-refractivity contribution in [2.75, 3.05) is 13.7 Å². The van der Waals surface area contributed by atoms with Crippen LogP contribution in [-0.2, 0) is 11.2 Å². The van der Waals surface area contributed by atoms with Gasteiger partial charge in [0.2, 0.25) is 0 Å². The third kappa shape index (κ3) is 4.00. The van der Waals surface area contributed by atoms with E-state index in [0.29, 0.717) is 18.2 Å². The highest BCUT2D eigenvalue weighted by atomic mass is 16.5. The Hall–Kier alpha value is -1.36. The van der Waals surface area contributed by atoms with Crippen LogP contribution in [-0.4, -0.2) is 34.9 Å². The van der Waals surface area contributed by atoms with Crippen molar-refractivity contribution in [3.63, 3.8) is 0 Å². The quantitative estimate of drug-likeness (QED) is 0.784. The second-order valence-corrected chi connectivity index (χ2v) is 6.90. The van der Waals surface area contributed by atoms with E-state index in [0.717, 1.165) is 37.8 Å². The van der Waals surface area contributed by atoms with E-state index in [1.165, 1.54) is 19.3 Å². The van der Waals surface area contributed by atoms with Crippen LogP contribution >= 0.6 is 0 Å². The number of nitrogens with zero attached hydrogens (tertiary/aromatic N) is 2. The zero-order chi connectivity index (χ0) is 17.6. The van der Waals surface area contributed by atoms with Crippen LogP contribution in [0.4, 0.5) is 0 Å². The molecular weight excluding hydrogens is 302 g/mol. The van der Waals surface area contributed by atoms with E-state index in [2.05, 4.69) is 31.2 Å². The van der Waals surface area contributed by atoms with Gasteiger partial charge in [-0.05, 0) is 32.1 Å². The lowest BCUT2D eigenvalue weighted by Gasteiger charge is -2.36. The molecule has 1 amide bonds. The van der Waals surface area contributed by atoms with Gasteiger partial charge in [-0.2, -0.15) is 5.10 Å². The van der Waals surface area contributed by atoms with Crippen molar-refractivity contribution in [1.29, 1.82) is 0 Å². The van der Waals surface area contributed by atoms with Gasteiger partial charge in [0.15, 0.2) is 0 Å². The molecule has 1 aromatic heterocycles. The summed E-state index contributed by atoms with van der Waals surface area (Å²) in [6, 6.07) is 0.366. The number of ether oxygens (including phenoxy) is 1. The normalized spacial score (nSPS) is 17.2. The fraction of sp³-hybridized carbons (Fsp3) is 0.789. The van der Waals surface area contributed by atoms with Crippen LogP contribution in [0.3, 0.4) is 0 Å². The topological polar surface area (TPSA) is 56.1 Å². The molecule has 1 aliphatic rings. The second kappa shape index (κ2) is 8.65. The second-order valence-electron chi connectivity index (χ2n) is 6.90. The number of rotatable bonds is 8. The van der Waals surface area contributed by atoms with Gasteiger partial charge in [-0.1, -0.05) is 40.0 Å². The molecule has 136 valence electrons. The summed E-state index contributed by atoms with van der Waals surface area (Å²) in [6.07, 6.45) is 10.3. The van der Waals surface area contributed by atoms with Crippen LogP contribution in [0.25, 0.3) is 0 Å². The van der Waals surface area contributed by atoms with E-state index in [4.69, 9.17) is 4.74 Å². The zero-order valence-corrected chi connectivity index (χ0v) is 15.7. The number of nitrogens with one attached hydrogen (secondary N) is 1. The molecule has 1 fully saturated rings. The lowest BCUT2D eigenvalue weighted by Crippen LogP contribution is -2.45. The minimum atomic E-state index is -0.189. The minimum absolute atomic E-state index is 0.0222. The van der Waals surface area contributed by atoms with Crippen molar-refractivity contribution in [2.45, 2.75) is 83.8 Å². The van der Waals surface area contributed by atoms with Crippen molar-refractivity contribution in [3.8, 4) is 0 Å². The van der Waals surface area contributed by atoms with E-state index < -0.39 is 0 Å². The Morgan fingerprint density at radius 1 is 1.29 bits per heavy atom. The first kappa shape index (κ1) is 19.0. The maximum absolute atomic E-state index is 12.7. The molecule has 0 bridgehead atoms. The monoisotopic (exact) mass is 335 g/mol. The number of carbonyl (C=O) groups is 1. The number of hydrogen-bond donors (Lipinski definition) is 1. The van der Waals surface area contributed by atoms with E-state index in [1.54, 1.807) is 13.3 Å². The average molecular weight is 335 g/mol. The van der Waals surface area contributed by atoms with Crippen LogP contribution < -0.4 is 5.32 Å². The molecule has 0 spiro atoms. The summed E-state index contributed by atoms with van der Waals surface area (Å²) in [5.41, 5.74) is 1.56. The smallest absolute Gasteiger partial charge is 0.254 e. The lowest BCUT2D eigenvalue weighted by molar-refractivity contribution is -0.0364. The first-order valence-corrected chi connectivity index (χ1v) is 9.50. The molecule has 1 heterocycles. The van der Waals surface area contributed by atoms with E-state index in [1.807, 2.05) is 4.68 Å². The highest BCUT2D eigenvalue weighted by Gasteiger charge is 2.32. The maximum Gasteiger partial charge on any atom is 0.254 e. The molecule has 0 aromatic carbocycles. The highest BCUT2D eigenvalue weighted by Crippen LogP contribution is 2.30. The van der Waals surface area contributed by atoms with Crippen LogP contribution in [0.5, 0.6) is 0 Å². The Morgan fingerprint density at radius 3 is 2.50 bits per heavy atom. The summed E-state index contributed by atoms with van der Waals surface area (Å²) >= 11 is 0. The minimum Gasteiger partial charge on any atom is -0.376 e. The molecular formula is C19H33N3O2. The van der Waals surface area contributed by atoms with Gasteiger partial charge in [0.25, 0.3) is 5.91 Å². The van der Waals surface area contributed by atoms with Gasteiger partial charge in [-0.3, -0.25) is 9.48 Å². The summed E-state index contributed by atoms with van der Waals surface area (Å²) in [5, 5.41) is 7.61. The first-order chi connectivity index (χ1) is 11.6. The Bertz CT molecular complexity index is 529. The van der Waals surface area contributed by atoms with Gasteiger partial charge < -0.3 is 10.1 Å². The predicted molar refractivity (Wildman–Crippen MR) is 96.4 cm³/mol. The number of carbonyl (C=O) groups excluding carboxylic acids is 1. The molecule has 1 aliphatic carbocycles. The summed E-state index contributed by atoms with van der Waals surface area (Å²) in [7, 11) is 1.76. The van der Waals surface area contributed by atoms with Gasteiger partial charge in [0, 0.05) is 13.7 Å². The molecule has 0 unspecified atom stereocenters. The van der Waals surface area contributed by atoms with Crippen molar-refractivity contribution >= 4 is 5.91 Å². The van der Waals surface area contributed by atoms with E-state index >= 15 is 0 Å². The van der Waals surface area contributed by atoms with Crippen molar-refractivity contribution in [1.82, 2.24) is 15.1 Å². The predicted octanol–water partition coefficient (Wildman–Crippen LogP) is 3.89. The summed E-state index contributed by atoms with van der Waals surface area (Å²) in [6.45, 7) is 7.01. The first-order valence-electron chi connectivity index (χ1n) is 9.50. The Balaban J connectivity index is 2.09. The molecule has 5 heteroatoms. The van der Waals surface area contributed by atoms with Crippen LogP contribution in [0.15, 0.2) is 6.20 Å². The van der Waals surface area contributed by atoms with Gasteiger partial charge in [0.05, 0.1) is 29.1 Å². The van der Waals surface area contributed by atoms with Crippen molar-refractivity contribution in [2.24, 2.45) is 0 Å². The third-order valence-electron chi connectivity index (χ3n) is 5.54. The van der Waals surface area contributed by atoms with Gasteiger partial charge >= 0.3 is 0 Å². The highest BCUT2D eigenvalue weighted by molar-refractivity contribution is 5.95. The molecule has 24 heavy (non-hydrogen) atoms. The molecule has 0 atom stereocenters. The fourth-order valence-corrected chi connectivity index (χ4v) is 3.86. The number of hydrogen-bond acceptors (Lipinski definition) is 3. The van der Waals surface area contributed by atoms with Crippen LogP contribution in [0.2, 0.25) is 0 Å². The molecule has 0 radical (unpaired) electrons. The molecule has 1 aromatic rings. The van der Waals surface area contributed by atoms with Crippen molar-refractivity contribution < 1.29 is 9.53 Å². The Kier molecular flexibility index (Phi) is 6.84. The standard InChI is InChI=1S/C19H33N3O2/c1-5-15(6-2)22-17(7-3)16(13-21-22)18(23)20-14-19(24-4)11-9-8-10-12-19/h13,15H,5-12,14H2,1-4H3,(H,20,23). The van der Waals surface area contributed by atoms with Gasteiger partial charge in [-0.25, -0.2) is 0 Å². The maximum atomic E-state index is 12.7. The Morgan fingerprint density at radius 2 is 1.96 bits per heavy atom. The summed E-state index contributed by atoms with van der Waals surface area (Å²) in [5.74, 6) is -0.0222. The Labute approximate surface area is 146 Å².